The van der Waals surface area contributed by atoms with Crippen molar-refractivity contribution in [1.29, 1.82) is 0 Å². The summed E-state index contributed by atoms with van der Waals surface area (Å²) in [5.41, 5.74) is 2.02. The van der Waals surface area contributed by atoms with Gasteiger partial charge in [-0.1, -0.05) is 94.9 Å². The minimum atomic E-state index is -1.34. The molecular formula is C45H72N2O8. The summed E-state index contributed by atoms with van der Waals surface area (Å²) in [6, 6.07) is 4.59. The van der Waals surface area contributed by atoms with Gasteiger partial charge in [-0.15, -0.1) is 6.58 Å². The fourth-order valence-electron chi connectivity index (χ4n) is 8.91. The van der Waals surface area contributed by atoms with Gasteiger partial charge in [0, 0.05) is 38.2 Å². The molecule has 1 fully saturated rings. The number of phenolic OH excluding ortho intramolecular Hbond substituents is 1. The highest BCUT2D eigenvalue weighted by atomic mass is 16.7. The number of aliphatic hydroxyl groups excluding tert-OH is 2. The van der Waals surface area contributed by atoms with Crippen LogP contribution in [0.25, 0.3) is 0 Å². The Labute approximate surface area is 331 Å². The molecule has 0 spiro atoms. The monoisotopic (exact) mass is 769 g/mol. The number of hydrogen-bond donors (Lipinski definition) is 3. The van der Waals surface area contributed by atoms with E-state index in [4.69, 9.17) is 24.2 Å². The van der Waals surface area contributed by atoms with Crippen molar-refractivity contribution in [2.45, 2.75) is 160 Å². The number of hydrogen-bond acceptors (Lipinski definition) is 9. The van der Waals surface area contributed by atoms with Crippen molar-refractivity contribution >= 4 is 11.8 Å². The third-order valence-corrected chi connectivity index (χ3v) is 11.6. The largest absolute Gasteiger partial charge is 0.508 e. The predicted molar refractivity (Wildman–Crippen MR) is 218 cm³/mol. The maximum Gasteiger partial charge on any atom is 0.409 e. The predicted octanol–water partition coefficient (Wildman–Crippen LogP) is 9.81. The number of aliphatic hydroxyl groups is 2. The van der Waals surface area contributed by atoms with Crippen molar-refractivity contribution in [1.82, 2.24) is 4.90 Å². The summed E-state index contributed by atoms with van der Waals surface area (Å²) in [4.78, 5) is 21.8. The first kappa shape index (κ1) is 44.6. The van der Waals surface area contributed by atoms with Crippen LogP contribution >= 0.6 is 0 Å². The summed E-state index contributed by atoms with van der Waals surface area (Å²) in [6.45, 7) is 12.9. The average Bonchev–Trinajstić information content (AvgIpc) is 3.16. The lowest BCUT2D eigenvalue weighted by Gasteiger charge is -2.59. The normalized spacial score (nSPS) is 25.0. The van der Waals surface area contributed by atoms with Crippen molar-refractivity contribution in [3.05, 3.63) is 48.1 Å². The number of nitrogens with zero attached hydrogens (tertiary/aromatic N) is 2. The maximum absolute atomic E-state index is 14.0. The quantitative estimate of drug-likeness (QED) is 0.0539. The molecule has 0 bridgehead atoms. The average molecular weight is 769 g/mol. The Kier molecular flexibility index (Phi) is 17.9. The molecule has 1 aliphatic heterocycles. The van der Waals surface area contributed by atoms with Gasteiger partial charge >= 0.3 is 6.09 Å². The first-order valence-corrected chi connectivity index (χ1v) is 21.4. The van der Waals surface area contributed by atoms with E-state index in [0.29, 0.717) is 31.6 Å². The summed E-state index contributed by atoms with van der Waals surface area (Å²) in [7, 11) is 1.76. The SMILES string of the molecule is C=CCOC12Oc3ccc(O)cc3C3C(CCCCO)C(CCCCO)C=C(C(=NOC(C)(C)C)CC1N(C)C(=O)OCCCCCCCCCCCC)C32. The van der Waals surface area contributed by atoms with Gasteiger partial charge in [-0.2, -0.15) is 0 Å². The fraction of sp³-hybridized carbons (Fsp3) is 0.733. The second-order valence-electron chi connectivity index (χ2n) is 16.9. The Hall–Kier alpha value is -3.08. The lowest BCUT2D eigenvalue weighted by Crippen LogP contribution is -2.69. The van der Waals surface area contributed by atoms with E-state index in [1.165, 1.54) is 44.9 Å². The van der Waals surface area contributed by atoms with E-state index in [1.54, 1.807) is 36.2 Å². The highest BCUT2D eigenvalue weighted by Crippen LogP contribution is 2.61. The molecule has 10 heteroatoms. The van der Waals surface area contributed by atoms with E-state index in [-0.39, 0.29) is 43.3 Å². The number of phenols is 1. The number of benzene rings is 1. The van der Waals surface area contributed by atoms with Crippen molar-refractivity contribution < 1.29 is 39.2 Å². The highest BCUT2D eigenvalue weighted by Gasteiger charge is 2.65. The number of carbonyl (C=O) groups excluding carboxylic acids is 1. The number of rotatable bonds is 24. The van der Waals surface area contributed by atoms with E-state index >= 15 is 0 Å². The van der Waals surface area contributed by atoms with E-state index in [9.17, 15) is 20.1 Å². The summed E-state index contributed by atoms with van der Waals surface area (Å²) in [5.74, 6) is -0.987. The third kappa shape index (κ3) is 12.0. The standard InChI is InChI=1S/C45H72N2O8/c1-7-9-10-11-12-13-14-15-16-21-29-52-43(51)47(6)40-32-38(46-55-44(3,4)5)36-30-33(22-17-19-26-48)35(23-18-20-27-49)41-37-31-34(50)24-25-39(37)54-45(40,42(36)41)53-28-8-2/h8,24-25,30-31,33,35,40-42,48-50H,2,7,9-23,26-29,32H2,1,3-6H3. The molecule has 1 heterocycles. The Morgan fingerprint density at radius 1 is 0.982 bits per heavy atom. The van der Waals surface area contributed by atoms with Crippen LogP contribution in [0.2, 0.25) is 0 Å². The minimum absolute atomic E-state index is 0.0901. The molecular weight excluding hydrogens is 697 g/mol. The van der Waals surface area contributed by atoms with E-state index in [2.05, 4.69) is 19.6 Å². The van der Waals surface area contributed by atoms with Gasteiger partial charge < -0.3 is 39.3 Å². The van der Waals surface area contributed by atoms with Gasteiger partial charge in [-0.05, 0) is 88.5 Å². The Bertz CT molecular complexity index is 1410. The molecule has 1 amide bonds. The first-order valence-electron chi connectivity index (χ1n) is 21.4. The summed E-state index contributed by atoms with van der Waals surface area (Å²) in [6.07, 6.45) is 20.6. The zero-order valence-electron chi connectivity index (χ0n) is 34.6. The molecule has 0 aromatic heterocycles. The highest BCUT2D eigenvalue weighted by molar-refractivity contribution is 6.02. The van der Waals surface area contributed by atoms with Crippen LogP contribution in [0, 0.1) is 17.8 Å². The second kappa shape index (κ2) is 22.0. The summed E-state index contributed by atoms with van der Waals surface area (Å²) in [5, 5.41) is 35.2. The third-order valence-electron chi connectivity index (χ3n) is 11.6. The summed E-state index contributed by atoms with van der Waals surface area (Å²) >= 11 is 0. The van der Waals surface area contributed by atoms with Crippen molar-refractivity contribution in [3.8, 4) is 11.5 Å². The van der Waals surface area contributed by atoms with Crippen LogP contribution in [0.4, 0.5) is 4.79 Å². The van der Waals surface area contributed by atoms with Crippen LogP contribution in [-0.2, 0) is 14.3 Å². The van der Waals surface area contributed by atoms with Crippen LogP contribution in [0.15, 0.2) is 47.7 Å². The Balaban J connectivity index is 1.71. The van der Waals surface area contributed by atoms with Gasteiger partial charge in [-0.3, -0.25) is 0 Å². The molecule has 6 atom stereocenters. The fourth-order valence-corrected chi connectivity index (χ4v) is 8.91. The van der Waals surface area contributed by atoms with E-state index < -0.39 is 29.4 Å². The number of unbranched alkanes of at least 4 members (excludes halogenated alkanes) is 11. The van der Waals surface area contributed by atoms with Crippen molar-refractivity contribution in [2.24, 2.45) is 22.9 Å². The van der Waals surface area contributed by atoms with Gasteiger partial charge in [0.1, 0.15) is 23.1 Å². The van der Waals surface area contributed by atoms with Crippen LogP contribution < -0.4 is 4.74 Å². The lowest BCUT2D eigenvalue weighted by molar-refractivity contribution is -0.253. The molecule has 55 heavy (non-hydrogen) atoms. The maximum atomic E-state index is 14.0. The van der Waals surface area contributed by atoms with Gasteiger partial charge in [0.15, 0.2) is 0 Å². The molecule has 3 N–H and O–H groups in total. The Morgan fingerprint density at radius 3 is 2.27 bits per heavy atom. The molecule has 6 unspecified atom stereocenters. The van der Waals surface area contributed by atoms with Crippen molar-refractivity contribution in [3.63, 3.8) is 0 Å². The second-order valence-corrected chi connectivity index (χ2v) is 16.9. The van der Waals surface area contributed by atoms with E-state index in [1.807, 2.05) is 20.8 Å². The molecule has 2 aliphatic carbocycles. The van der Waals surface area contributed by atoms with Crippen LogP contribution in [0.1, 0.15) is 148 Å². The summed E-state index contributed by atoms with van der Waals surface area (Å²) < 4.78 is 19.9. The number of fused-ring (bicyclic) bond motifs is 2. The molecule has 0 radical (unpaired) electrons. The smallest absolute Gasteiger partial charge is 0.409 e. The molecule has 3 aliphatic rings. The number of oxime groups is 1. The minimum Gasteiger partial charge on any atom is -0.508 e. The molecule has 1 aromatic rings. The number of carbonyl (C=O) groups is 1. The number of aromatic hydroxyl groups is 1. The lowest BCUT2D eigenvalue weighted by atomic mass is 9.55. The molecule has 310 valence electrons. The molecule has 1 saturated carbocycles. The number of allylic oxidation sites excluding steroid dienone is 1. The molecule has 0 saturated heterocycles. The number of ether oxygens (including phenoxy) is 3. The topological polar surface area (TPSA) is 130 Å². The van der Waals surface area contributed by atoms with Crippen LogP contribution in [-0.4, -0.2) is 82.9 Å². The van der Waals surface area contributed by atoms with Gasteiger partial charge in [-0.25, -0.2) is 4.79 Å². The first-order chi connectivity index (χ1) is 26.5. The van der Waals surface area contributed by atoms with Gasteiger partial charge in [0.2, 0.25) is 5.79 Å². The number of amides is 1. The van der Waals surface area contributed by atoms with Crippen LogP contribution in [0.5, 0.6) is 11.5 Å². The molecule has 4 rings (SSSR count). The van der Waals surface area contributed by atoms with Crippen molar-refractivity contribution in [2.75, 3.05) is 33.5 Å². The van der Waals surface area contributed by atoms with Gasteiger partial charge in [0.05, 0.1) is 24.8 Å². The Morgan fingerprint density at radius 2 is 1.64 bits per heavy atom. The van der Waals surface area contributed by atoms with Gasteiger partial charge in [0.25, 0.3) is 0 Å². The zero-order valence-corrected chi connectivity index (χ0v) is 34.6. The molecule has 1 aromatic carbocycles. The zero-order chi connectivity index (χ0) is 39.8. The molecule has 10 nitrogen and oxygen atoms in total. The number of likely N-dealkylation sites (N-methyl/N-ethyl adjacent to an activating group) is 1. The van der Waals surface area contributed by atoms with Crippen LogP contribution in [0.3, 0.4) is 0 Å². The van der Waals surface area contributed by atoms with E-state index in [0.717, 1.165) is 61.8 Å².